The van der Waals surface area contributed by atoms with Crippen LogP contribution in [-0.2, 0) is 17.8 Å². The minimum absolute atomic E-state index is 0.0366. The van der Waals surface area contributed by atoms with Crippen LogP contribution in [-0.4, -0.2) is 33.1 Å². The molecule has 0 radical (unpaired) electrons. The number of benzene rings is 1. The molecule has 1 amide bonds. The van der Waals surface area contributed by atoms with Crippen molar-refractivity contribution in [2.45, 2.75) is 33.4 Å². The van der Waals surface area contributed by atoms with E-state index in [-0.39, 0.29) is 34.4 Å². The van der Waals surface area contributed by atoms with Gasteiger partial charge in [-0.1, -0.05) is 18.2 Å². The summed E-state index contributed by atoms with van der Waals surface area (Å²) in [6.45, 7) is 5.36. The zero-order chi connectivity index (χ0) is 24.2. The molecule has 1 aromatic carbocycles. The number of ether oxygens (including phenoxy) is 1. The molecule has 2 N–H and O–H groups in total. The number of halogens is 1. The van der Waals surface area contributed by atoms with Gasteiger partial charge in [-0.15, -0.1) is 0 Å². The fourth-order valence-corrected chi connectivity index (χ4v) is 3.84. The van der Waals surface area contributed by atoms with Crippen molar-refractivity contribution in [1.29, 1.82) is 5.41 Å². The van der Waals surface area contributed by atoms with Crippen LogP contribution in [0.25, 0.3) is 16.7 Å². The number of carbonyl (C=O) groups is 1. The number of nitrogens with zero attached hydrogens (tertiary/aromatic N) is 3. The number of rotatable bonds is 8. The highest BCUT2D eigenvalue weighted by Gasteiger charge is 2.18. The van der Waals surface area contributed by atoms with Crippen molar-refractivity contribution < 1.29 is 13.9 Å². The second-order valence-corrected chi connectivity index (χ2v) is 7.96. The fraction of sp³-hybridized carbons (Fsp3) is 0.280. The molecule has 3 heterocycles. The maximum absolute atomic E-state index is 13.3. The molecule has 0 saturated heterocycles. The minimum Gasteiger partial charge on any atom is -0.382 e. The third kappa shape index (κ3) is 4.60. The smallest absolute Gasteiger partial charge is 0.267 e. The first-order valence-corrected chi connectivity index (χ1v) is 11.1. The Morgan fingerprint density at radius 2 is 1.97 bits per heavy atom. The first-order valence-electron chi connectivity index (χ1n) is 11.1. The lowest BCUT2D eigenvalue weighted by atomic mass is 10.1. The van der Waals surface area contributed by atoms with Crippen LogP contribution >= 0.6 is 0 Å². The van der Waals surface area contributed by atoms with Gasteiger partial charge in [0.1, 0.15) is 22.6 Å². The molecular weight excluding hydrogens is 437 g/mol. The van der Waals surface area contributed by atoms with Crippen LogP contribution in [0.3, 0.4) is 0 Å². The normalized spacial score (nSPS) is 11.3. The highest BCUT2D eigenvalue weighted by molar-refractivity contribution is 5.96. The van der Waals surface area contributed by atoms with Crippen molar-refractivity contribution >= 4 is 22.6 Å². The van der Waals surface area contributed by atoms with Gasteiger partial charge >= 0.3 is 0 Å². The van der Waals surface area contributed by atoms with Crippen molar-refractivity contribution in [3.63, 3.8) is 0 Å². The molecule has 0 aliphatic carbocycles. The summed E-state index contributed by atoms with van der Waals surface area (Å²) < 4.78 is 21.6. The summed E-state index contributed by atoms with van der Waals surface area (Å²) in [7, 11) is 0. The Morgan fingerprint density at radius 1 is 1.21 bits per heavy atom. The molecule has 0 aliphatic rings. The molecule has 9 heteroatoms. The van der Waals surface area contributed by atoms with Crippen LogP contribution in [0, 0.1) is 18.2 Å². The van der Waals surface area contributed by atoms with E-state index in [1.807, 2.05) is 19.9 Å². The highest BCUT2D eigenvalue weighted by Crippen LogP contribution is 2.13. The average Bonchev–Trinajstić information content (AvgIpc) is 2.83. The van der Waals surface area contributed by atoms with Crippen molar-refractivity contribution in [3.8, 4) is 0 Å². The molecule has 0 spiro atoms. The van der Waals surface area contributed by atoms with Crippen LogP contribution in [0.15, 0.2) is 53.5 Å². The number of hydrogen-bond donors (Lipinski definition) is 2. The van der Waals surface area contributed by atoms with Gasteiger partial charge in [-0.25, -0.2) is 9.37 Å². The average molecular weight is 464 g/mol. The second-order valence-electron chi connectivity index (χ2n) is 7.96. The molecule has 8 nitrogen and oxygen atoms in total. The molecule has 0 atom stereocenters. The summed E-state index contributed by atoms with van der Waals surface area (Å²) in [6, 6.07) is 10.9. The van der Waals surface area contributed by atoms with E-state index < -0.39 is 5.91 Å². The number of fused-ring (bicyclic) bond motifs is 2. The molecule has 4 rings (SSSR count). The summed E-state index contributed by atoms with van der Waals surface area (Å²) in [4.78, 5) is 31.1. The van der Waals surface area contributed by atoms with Gasteiger partial charge in [0.25, 0.3) is 11.5 Å². The molecule has 34 heavy (non-hydrogen) atoms. The van der Waals surface area contributed by atoms with E-state index in [2.05, 4.69) is 5.32 Å². The lowest BCUT2D eigenvalue weighted by Gasteiger charge is -2.15. The summed E-state index contributed by atoms with van der Waals surface area (Å²) in [5.74, 6) is -0.856. The van der Waals surface area contributed by atoms with Gasteiger partial charge < -0.3 is 14.6 Å². The monoisotopic (exact) mass is 463 g/mol. The molecule has 0 unspecified atom stereocenters. The van der Waals surface area contributed by atoms with Crippen LogP contribution in [0.4, 0.5) is 4.39 Å². The van der Waals surface area contributed by atoms with E-state index in [0.29, 0.717) is 37.5 Å². The zero-order valence-corrected chi connectivity index (χ0v) is 19.1. The Labute approximate surface area is 195 Å². The molecular formula is C25H26FN5O3. The summed E-state index contributed by atoms with van der Waals surface area (Å²) in [6.07, 6.45) is 2.23. The number of hydrogen-bond acceptors (Lipinski definition) is 5. The predicted molar refractivity (Wildman–Crippen MR) is 126 cm³/mol. The number of pyridine rings is 2. The third-order valence-electron chi connectivity index (χ3n) is 5.62. The molecule has 0 fully saturated rings. The quantitative estimate of drug-likeness (QED) is 0.310. The van der Waals surface area contributed by atoms with Crippen molar-refractivity contribution in [1.82, 2.24) is 19.3 Å². The summed E-state index contributed by atoms with van der Waals surface area (Å²) in [5.41, 5.74) is 2.13. The van der Waals surface area contributed by atoms with Crippen molar-refractivity contribution in [2.75, 3.05) is 13.2 Å². The van der Waals surface area contributed by atoms with Crippen molar-refractivity contribution in [2.24, 2.45) is 0 Å². The Kier molecular flexibility index (Phi) is 6.83. The lowest BCUT2D eigenvalue weighted by molar-refractivity contribution is 0.0948. The summed E-state index contributed by atoms with van der Waals surface area (Å²) in [5, 5.41) is 11.8. The lowest BCUT2D eigenvalue weighted by Crippen LogP contribution is -2.35. The minimum atomic E-state index is -0.497. The summed E-state index contributed by atoms with van der Waals surface area (Å²) >= 11 is 0. The molecule has 0 aliphatic heterocycles. The van der Waals surface area contributed by atoms with Gasteiger partial charge in [0, 0.05) is 32.5 Å². The first kappa shape index (κ1) is 23.3. The molecule has 4 aromatic rings. The van der Waals surface area contributed by atoms with E-state index >= 15 is 0 Å². The fourth-order valence-electron chi connectivity index (χ4n) is 3.84. The van der Waals surface area contributed by atoms with Gasteiger partial charge in [0.2, 0.25) is 0 Å². The number of aromatic nitrogens is 3. The number of carbonyl (C=O) groups excluding carboxylic acids is 1. The Bertz CT molecular complexity index is 1470. The maximum Gasteiger partial charge on any atom is 0.267 e. The maximum atomic E-state index is 13.3. The van der Waals surface area contributed by atoms with Crippen LogP contribution < -0.4 is 16.4 Å². The second kappa shape index (κ2) is 9.96. The van der Waals surface area contributed by atoms with Crippen LogP contribution in [0.5, 0.6) is 0 Å². The Balaban J connectivity index is 1.80. The zero-order valence-electron chi connectivity index (χ0n) is 19.1. The predicted octanol–water partition coefficient (Wildman–Crippen LogP) is 2.93. The molecule has 3 aromatic heterocycles. The van der Waals surface area contributed by atoms with Gasteiger partial charge in [-0.3, -0.25) is 19.4 Å². The van der Waals surface area contributed by atoms with Gasteiger partial charge in [0.15, 0.2) is 0 Å². The van der Waals surface area contributed by atoms with E-state index in [1.54, 1.807) is 29.0 Å². The van der Waals surface area contributed by atoms with Gasteiger partial charge in [-0.05, 0) is 55.7 Å². The van der Waals surface area contributed by atoms with Gasteiger partial charge in [-0.2, -0.15) is 0 Å². The highest BCUT2D eigenvalue weighted by atomic mass is 19.1. The Hall–Kier alpha value is -3.85. The number of amides is 1. The largest absolute Gasteiger partial charge is 0.382 e. The topological polar surface area (TPSA) is 101 Å². The molecule has 176 valence electrons. The number of nitrogens with one attached hydrogen (secondary N) is 2. The SMILES string of the molecule is CCOCCCn1c(=N)c(C(=O)NCc2ccc(F)cc2)cc2c(=O)n3cccc(C)c3nc21. The number of aryl methyl sites for hydroxylation is 2. The van der Waals surface area contributed by atoms with Gasteiger partial charge in [0.05, 0.1) is 10.9 Å². The van der Waals surface area contributed by atoms with Crippen LogP contribution in [0.1, 0.15) is 34.8 Å². The first-order chi connectivity index (χ1) is 16.4. The third-order valence-corrected chi connectivity index (χ3v) is 5.62. The van der Waals surface area contributed by atoms with E-state index in [1.165, 1.54) is 22.6 Å². The molecule has 0 bridgehead atoms. The Morgan fingerprint density at radius 3 is 2.71 bits per heavy atom. The standard InChI is InChI=1S/C25H26FN5O3/c1-3-34-13-5-12-30-21(27)19(24(32)28-15-17-7-9-18(26)10-8-17)14-20-23(30)29-22-16(2)6-4-11-31(22)25(20)33/h4,6-11,14,27H,3,5,12-13,15H2,1-2H3,(H,28,32). The van der Waals surface area contributed by atoms with Crippen molar-refractivity contribution in [3.05, 3.63) is 87.0 Å². The van der Waals surface area contributed by atoms with E-state index in [0.717, 1.165) is 11.1 Å². The van der Waals surface area contributed by atoms with E-state index in [4.69, 9.17) is 15.1 Å². The van der Waals surface area contributed by atoms with Crippen LogP contribution in [0.2, 0.25) is 0 Å². The molecule has 0 saturated carbocycles. The van der Waals surface area contributed by atoms with E-state index in [9.17, 15) is 14.0 Å².